The normalized spacial score (nSPS) is 13.1. The zero-order valence-corrected chi connectivity index (χ0v) is 7.31. The summed E-state index contributed by atoms with van der Waals surface area (Å²) in [5.74, 6) is 0. The van der Waals surface area contributed by atoms with Crippen LogP contribution in [0.2, 0.25) is 0 Å². The summed E-state index contributed by atoms with van der Waals surface area (Å²) >= 11 is 0. The number of fused-ring (bicyclic) bond motifs is 1. The van der Waals surface area contributed by atoms with Crippen molar-refractivity contribution in [2.24, 2.45) is 0 Å². The van der Waals surface area contributed by atoms with Crippen molar-refractivity contribution in [3.63, 3.8) is 0 Å². The van der Waals surface area contributed by atoms with E-state index < -0.39 is 6.10 Å². The lowest BCUT2D eigenvalue weighted by Gasteiger charge is -2.07. The maximum atomic E-state index is 9.47. The van der Waals surface area contributed by atoms with Gasteiger partial charge in [0.05, 0.1) is 18.5 Å². The number of aliphatic hydroxyl groups is 1. The largest absolute Gasteiger partial charge is 0.389 e. The molecule has 0 unspecified atom stereocenters. The Balaban J connectivity index is 2.76. The first kappa shape index (κ1) is 8.13. The monoisotopic (exact) mass is 174 g/mol. The molecule has 0 saturated heterocycles. The van der Waals surface area contributed by atoms with Gasteiger partial charge in [-0.2, -0.15) is 10.2 Å². The molecular weight excluding hydrogens is 164 g/mol. The van der Waals surface area contributed by atoms with Crippen molar-refractivity contribution in [1.29, 1.82) is 0 Å². The first-order chi connectivity index (χ1) is 6.29. The highest BCUT2D eigenvalue weighted by Gasteiger charge is 2.05. The smallest absolute Gasteiger partial charge is 0.0768 e. The molecule has 1 aromatic heterocycles. The van der Waals surface area contributed by atoms with E-state index in [0.29, 0.717) is 0 Å². The van der Waals surface area contributed by atoms with Crippen molar-refractivity contribution in [2.75, 3.05) is 0 Å². The van der Waals surface area contributed by atoms with Crippen LogP contribution in [0.15, 0.2) is 30.6 Å². The molecule has 66 valence electrons. The van der Waals surface area contributed by atoms with E-state index in [1.165, 1.54) is 0 Å². The second-order valence-corrected chi connectivity index (χ2v) is 3.02. The lowest BCUT2D eigenvalue weighted by Crippen LogP contribution is -1.93. The predicted molar refractivity (Wildman–Crippen MR) is 50.2 cm³/mol. The van der Waals surface area contributed by atoms with Crippen LogP contribution >= 0.6 is 0 Å². The van der Waals surface area contributed by atoms with Crippen LogP contribution in [-0.2, 0) is 0 Å². The fourth-order valence-corrected chi connectivity index (χ4v) is 1.41. The van der Waals surface area contributed by atoms with Crippen molar-refractivity contribution in [3.05, 3.63) is 36.2 Å². The third-order valence-electron chi connectivity index (χ3n) is 2.07. The molecule has 0 fully saturated rings. The molecule has 2 aromatic rings. The van der Waals surface area contributed by atoms with Crippen LogP contribution in [0, 0.1) is 0 Å². The van der Waals surface area contributed by atoms with Gasteiger partial charge in [-0.25, -0.2) is 0 Å². The average Bonchev–Trinajstić information content (AvgIpc) is 2.17. The maximum Gasteiger partial charge on any atom is 0.0768 e. The Kier molecular flexibility index (Phi) is 1.94. The van der Waals surface area contributed by atoms with Crippen LogP contribution in [0.5, 0.6) is 0 Å². The molecule has 1 heterocycles. The number of nitrogens with zero attached hydrogens (tertiary/aromatic N) is 2. The van der Waals surface area contributed by atoms with Crippen LogP contribution < -0.4 is 0 Å². The first-order valence-electron chi connectivity index (χ1n) is 4.16. The van der Waals surface area contributed by atoms with Gasteiger partial charge < -0.3 is 5.11 Å². The summed E-state index contributed by atoms with van der Waals surface area (Å²) in [5.41, 5.74) is 0.896. The quantitative estimate of drug-likeness (QED) is 0.715. The second-order valence-electron chi connectivity index (χ2n) is 3.02. The number of hydrogen-bond donors (Lipinski definition) is 1. The van der Waals surface area contributed by atoms with Gasteiger partial charge in [0.2, 0.25) is 0 Å². The fourth-order valence-electron chi connectivity index (χ4n) is 1.41. The Labute approximate surface area is 76.0 Å². The minimum absolute atomic E-state index is 0.465. The molecule has 3 heteroatoms. The molecule has 0 radical (unpaired) electrons. The molecular formula is C10H10N2O. The van der Waals surface area contributed by atoms with Crippen LogP contribution in [0.1, 0.15) is 18.6 Å². The molecule has 13 heavy (non-hydrogen) atoms. The minimum Gasteiger partial charge on any atom is -0.389 e. The summed E-state index contributed by atoms with van der Waals surface area (Å²) in [7, 11) is 0. The highest BCUT2D eigenvalue weighted by Crippen LogP contribution is 2.22. The van der Waals surface area contributed by atoms with Gasteiger partial charge in [-0.15, -0.1) is 0 Å². The van der Waals surface area contributed by atoms with E-state index in [9.17, 15) is 5.11 Å². The predicted octanol–water partition coefficient (Wildman–Crippen LogP) is 1.68. The molecule has 0 bridgehead atoms. The summed E-state index contributed by atoms with van der Waals surface area (Å²) in [6.07, 6.45) is 2.91. The molecule has 0 amide bonds. The van der Waals surface area contributed by atoms with Gasteiger partial charge in [0, 0.05) is 10.8 Å². The van der Waals surface area contributed by atoms with E-state index in [1.54, 1.807) is 19.3 Å². The Bertz CT molecular complexity index is 421. The summed E-state index contributed by atoms with van der Waals surface area (Å²) in [5, 5.41) is 19.0. The highest BCUT2D eigenvalue weighted by molar-refractivity contribution is 5.84. The molecule has 0 spiro atoms. The molecule has 1 aromatic carbocycles. The summed E-state index contributed by atoms with van der Waals surface area (Å²) in [6.45, 7) is 1.75. The van der Waals surface area contributed by atoms with E-state index in [-0.39, 0.29) is 0 Å². The van der Waals surface area contributed by atoms with E-state index >= 15 is 0 Å². The average molecular weight is 174 g/mol. The Hall–Kier alpha value is -1.48. The van der Waals surface area contributed by atoms with Crippen LogP contribution in [0.3, 0.4) is 0 Å². The fraction of sp³-hybridized carbons (Fsp3) is 0.200. The lowest BCUT2D eigenvalue weighted by atomic mass is 10.0. The van der Waals surface area contributed by atoms with Gasteiger partial charge in [-0.05, 0) is 12.5 Å². The molecule has 0 aliphatic rings. The summed E-state index contributed by atoms with van der Waals surface area (Å²) < 4.78 is 0. The molecule has 0 aliphatic heterocycles. The zero-order valence-electron chi connectivity index (χ0n) is 7.31. The van der Waals surface area contributed by atoms with Crippen molar-refractivity contribution < 1.29 is 5.11 Å². The Morgan fingerprint density at radius 3 is 2.77 bits per heavy atom. The molecule has 0 aliphatic carbocycles. The van der Waals surface area contributed by atoms with Gasteiger partial charge in [0.1, 0.15) is 0 Å². The molecule has 0 saturated carbocycles. The van der Waals surface area contributed by atoms with E-state index in [4.69, 9.17) is 0 Å². The lowest BCUT2D eigenvalue weighted by molar-refractivity contribution is 0.201. The van der Waals surface area contributed by atoms with E-state index in [0.717, 1.165) is 16.3 Å². The van der Waals surface area contributed by atoms with Crippen molar-refractivity contribution in [1.82, 2.24) is 10.2 Å². The highest BCUT2D eigenvalue weighted by atomic mass is 16.3. The van der Waals surface area contributed by atoms with Crippen molar-refractivity contribution >= 4 is 10.8 Å². The van der Waals surface area contributed by atoms with Crippen LogP contribution in [0.25, 0.3) is 10.8 Å². The molecule has 3 nitrogen and oxygen atoms in total. The number of aromatic nitrogens is 2. The zero-order chi connectivity index (χ0) is 9.26. The Morgan fingerprint density at radius 1 is 1.23 bits per heavy atom. The number of rotatable bonds is 1. The van der Waals surface area contributed by atoms with Gasteiger partial charge in [-0.1, -0.05) is 18.2 Å². The first-order valence-corrected chi connectivity index (χ1v) is 4.16. The van der Waals surface area contributed by atoms with Gasteiger partial charge in [-0.3, -0.25) is 0 Å². The maximum absolute atomic E-state index is 9.47. The molecule has 1 atom stereocenters. The van der Waals surface area contributed by atoms with E-state index in [1.807, 2.05) is 18.2 Å². The van der Waals surface area contributed by atoms with Crippen molar-refractivity contribution in [3.8, 4) is 0 Å². The van der Waals surface area contributed by atoms with E-state index in [2.05, 4.69) is 10.2 Å². The standard InChI is InChI=1S/C10H10N2O/c1-7(13)9-4-2-3-8-5-11-12-6-10(8)9/h2-7,13H,1H3/t7-/m1/s1. The second kappa shape index (κ2) is 3.11. The third-order valence-corrected chi connectivity index (χ3v) is 2.07. The van der Waals surface area contributed by atoms with Gasteiger partial charge in [0.25, 0.3) is 0 Å². The van der Waals surface area contributed by atoms with Gasteiger partial charge >= 0.3 is 0 Å². The number of benzene rings is 1. The third kappa shape index (κ3) is 1.38. The van der Waals surface area contributed by atoms with Gasteiger partial charge in [0.15, 0.2) is 0 Å². The minimum atomic E-state index is -0.465. The SMILES string of the molecule is C[C@@H](O)c1cccc2cnncc12. The topological polar surface area (TPSA) is 46.0 Å². The van der Waals surface area contributed by atoms with Crippen molar-refractivity contribution in [2.45, 2.75) is 13.0 Å². The molecule has 1 N–H and O–H groups in total. The molecule has 2 rings (SSSR count). The van der Waals surface area contributed by atoms with Crippen LogP contribution in [-0.4, -0.2) is 15.3 Å². The Morgan fingerprint density at radius 2 is 2.00 bits per heavy atom. The summed E-state index contributed by atoms with van der Waals surface area (Å²) in [6, 6.07) is 5.76. The van der Waals surface area contributed by atoms with Crippen LogP contribution in [0.4, 0.5) is 0 Å². The number of hydrogen-bond acceptors (Lipinski definition) is 3. The summed E-state index contributed by atoms with van der Waals surface area (Å²) in [4.78, 5) is 0. The number of aliphatic hydroxyl groups excluding tert-OH is 1.